The summed E-state index contributed by atoms with van der Waals surface area (Å²) in [6.45, 7) is 0.830. The number of carboxylic acid groups (broad SMARTS) is 1. The van der Waals surface area contributed by atoms with Gasteiger partial charge in [0.1, 0.15) is 5.54 Å². The summed E-state index contributed by atoms with van der Waals surface area (Å²) < 4.78 is 0. The van der Waals surface area contributed by atoms with Crippen LogP contribution in [0.5, 0.6) is 0 Å². The topological polar surface area (TPSA) is 75.4 Å². The summed E-state index contributed by atoms with van der Waals surface area (Å²) in [5, 5.41) is 12.5. The average molecular weight is 248 g/mol. The van der Waals surface area contributed by atoms with Gasteiger partial charge in [-0.1, -0.05) is 30.3 Å². The minimum absolute atomic E-state index is 0.376. The van der Waals surface area contributed by atoms with E-state index in [4.69, 9.17) is 10.8 Å². The van der Waals surface area contributed by atoms with E-state index in [2.05, 4.69) is 17.4 Å². The van der Waals surface area contributed by atoms with E-state index in [1.54, 1.807) is 0 Å². The summed E-state index contributed by atoms with van der Waals surface area (Å²) in [6.07, 6.45) is 2.76. The number of carboxylic acids is 1. The maximum atomic E-state index is 11.0. The van der Waals surface area contributed by atoms with E-state index >= 15 is 0 Å². The third-order valence-electron chi connectivity index (χ3n) is 3.74. The molecule has 0 aliphatic heterocycles. The Kier molecular flexibility index (Phi) is 3.99. The molecule has 4 heteroatoms. The third kappa shape index (κ3) is 3.09. The second-order valence-corrected chi connectivity index (χ2v) is 5.10. The Balaban J connectivity index is 1.79. The first-order valence-corrected chi connectivity index (χ1v) is 6.40. The fraction of sp³-hybridized carbons (Fsp3) is 0.500. The lowest BCUT2D eigenvalue weighted by Gasteiger charge is -2.34. The molecule has 4 N–H and O–H groups in total. The van der Waals surface area contributed by atoms with E-state index < -0.39 is 11.5 Å². The highest BCUT2D eigenvalue weighted by Crippen LogP contribution is 2.26. The van der Waals surface area contributed by atoms with Crippen molar-refractivity contribution in [3.05, 3.63) is 35.9 Å². The van der Waals surface area contributed by atoms with Crippen LogP contribution in [-0.4, -0.2) is 22.7 Å². The Bertz CT molecular complexity index is 398. The molecule has 0 heterocycles. The molecule has 0 spiro atoms. The van der Waals surface area contributed by atoms with Crippen molar-refractivity contribution in [2.45, 2.75) is 43.8 Å². The predicted molar refractivity (Wildman–Crippen MR) is 70.1 cm³/mol. The van der Waals surface area contributed by atoms with Gasteiger partial charge in [-0.25, -0.2) is 0 Å². The number of aliphatic carboxylic acids is 1. The van der Waals surface area contributed by atoms with Gasteiger partial charge in [0.15, 0.2) is 0 Å². The molecule has 0 saturated heterocycles. The van der Waals surface area contributed by atoms with Crippen molar-refractivity contribution in [2.24, 2.45) is 5.73 Å². The van der Waals surface area contributed by atoms with Crippen molar-refractivity contribution in [3.8, 4) is 0 Å². The molecule has 2 rings (SSSR count). The zero-order chi connectivity index (χ0) is 13.0. The van der Waals surface area contributed by atoms with E-state index in [1.807, 2.05) is 18.2 Å². The van der Waals surface area contributed by atoms with Crippen LogP contribution in [0, 0.1) is 0 Å². The van der Waals surface area contributed by atoms with E-state index in [0.29, 0.717) is 18.9 Å². The van der Waals surface area contributed by atoms with Crippen molar-refractivity contribution in [1.29, 1.82) is 0 Å². The molecule has 1 aromatic carbocycles. The van der Waals surface area contributed by atoms with E-state index in [9.17, 15) is 4.79 Å². The molecule has 4 nitrogen and oxygen atoms in total. The SMILES string of the molecule is NC1(C(=O)O)CCC(NCc2ccccc2)CC1. The first-order chi connectivity index (χ1) is 8.60. The molecule has 1 fully saturated rings. The molecule has 0 bridgehead atoms. The van der Waals surface area contributed by atoms with E-state index in [-0.39, 0.29) is 0 Å². The largest absolute Gasteiger partial charge is 0.480 e. The van der Waals surface area contributed by atoms with Crippen LogP contribution in [0.4, 0.5) is 0 Å². The van der Waals surface area contributed by atoms with Crippen LogP contribution in [0.25, 0.3) is 0 Å². The van der Waals surface area contributed by atoms with Crippen LogP contribution in [0.1, 0.15) is 31.2 Å². The number of carbonyl (C=O) groups is 1. The molecule has 1 aromatic rings. The second-order valence-electron chi connectivity index (χ2n) is 5.10. The van der Waals surface area contributed by atoms with E-state index in [0.717, 1.165) is 19.4 Å². The summed E-state index contributed by atoms with van der Waals surface area (Å²) in [5.74, 6) is -0.871. The van der Waals surface area contributed by atoms with Gasteiger partial charge in [-0.2, -0.15) is 0 Å². The maximum Gasteiger partial charge on any atom is 0.323 e. The van der Waals surface area contributed by atoms with Crippen molar-refractivity contribution in [3.63, 3.8) is 0 Å². The van der Waals surface area contributed by atoms with Gasteiger partial charge < -0.3 is 16.2 Å². The standard InChI is InChI=1S/C14H20N2O2/c15-14(13(17)18)8-6-12(7-9-14)16-10-11-4-2-1-3-5-11/h1-5,12,16H,6-10,15H2,(H,17,18). The highest BCUT2D eigenvalue weighted by molar-refractivity contribution is 5.78. The van der Waals surface area contributed by atoms with Gasteiger partial charge in [0.2, 0.25) is 0 Å². The average Bonchev–Trinajstić information content (AvgIpc) is 2.39. The molecular formula is C14H20N2O2. The Hall–Kier alpha value is -1.39. The summed E-state index contributed by atoms with van der Waals surface area (Å²) in [4.78, 5) is 11.0. The zero-order valence-electron chi connectivity index (χ0n) is 10.4. The lowest BCUT2D eigenvalue weighted by atomic mass is 9.80. The number of hydrogen-bond acceptors (Lipinski definition) is 3. The van der Waals surface area contributed by atoms with Crippen LogP contribution in [0.15, 0.2) is 30.3 Å². The molecule has 1 aliphatic carbocycles. The monoisotopic (exact) mass is 248 g/mol. The molecule has 98 valence electrons. The minimum atomic E-state index is -1.01. The number of nitrogens with two attached hydrogens (primary N) is 1. The highest BCUT2D eigenvalue weighted by Gasteiger charge is 2.37. The lowest BCUT2D eigenvalue weighted by Crippen LogP contribution is -2.52. The Morgan fingerprint density at radius 1 is 1.33 bits per heavy atom. The summed E-state index contributed by atoms with van der Waals surface area (Å²) >= 11 is 0. The van der Waals surface area contributed by atoms with Crippen LogP contribution < -0.4 is 11.1 Å². The van der Waals surface area contributed by atoms with Crippen molar-refractivity contribution >= 4 is 5.97 Å². The van der Waals surface area contributed by atoms with Gasteiger partial charge in [-0.15, -0.1) is 0 Å². The van der Waals surface area contributed by atoms with Crippen molar-refractivity contribution in [2.75, 3.05) is 0 Å². The van der Waals surface area contributed by atoms with Crippen LogP contribution in [-0.2, 0) is 11.3 Å². The Morgan fingerprint density at radius 2 is 1.94 bits per heavy atom. The first-order valence-electron chi connectivity index (χ1n) is 6.40. The van der Waals surface area contributed by atoms with Crippen molar-refractivity contribution < 1.29 is 9.90 Å². The third-order valence-corrected chi connectivity index (χ3v) is 3.74. The fourth-order valence-electron chi connectivity index (χ4n) is 2.41. The second kappa shape index (κ2) is 5.50. The van der Waals surface area contributed by atoms with Gasteiger partial charge >= 0.3 is 5.97 Å². The molecule has 0 radical (unpaired) electrons. The molecule has 0 aromatic heterocycles. The van der Waals surface area contributed by atoms with Crippen molar-refractivity contribution in [1.82, 2.24) is 5.32 Å². The highest BCUT2D eigenvalue weighted by atomic mass is 16.4. The smallest absolute Gasteiger partial charge is 0.323 e. The Morgan fingerprint density at radius 3 is 2.50 bits per heavy atom. The van der Waals surface area contributed by atoms with Crippen LogP contribution in [0.3, 0.4) is 0 Å². The zero-order valence-corrected chi connectivity index (χ0v) is 10.4. The fourth-order valence-corrected chi connectivity index (χ4v) is 2.41. The van der Waals surface area contributed by atoms with Crippen LogP contribution >= 0.6 is 0 Å². The van der Waals surface area contributed by atoms with Gasteiger partial charge in [0.25, 0.3) is 0 Å². The summed E-state index contributed by atoms with van der Waals surface area (Å²) in [7, 11) is 0. The quantitative estimate of drug-likeness (QED) is 0.755. The number of nitrogens with one attached hydrogen (secondary N) is 1. The number of hydrogen-bond donors (Lipinski definition) is 3. The molecule has 18 heavy (non-hydrogen) atoms. The normalized spacial score (nSPS) is 27.9. The first kappa shape index (κ1) is 13.1. The number of rotatable bonds is 4. The minimum Gasteiger partial charge on any atom is -0.480 e. The molecule has 0 amide bonds. The Labute approximate surface area is 107 Å². The molecule has 0 unspecified atom stereocenters. The molecule has 0 atom stereocenters. The van der Waals surface area contributed by atoms with Gasteiger partial charge in [-0.3, -0.25) is 4.79 Å². The number of benzene rings is 1. The summed E-state index contributed by atoms with van der Waals surface area (Å²) in [5.41, 5.74) is 6.09. The van der Waals surface area contributed by atoms with E-state index in [1.165, 1.54) is 5.56 Å². The van der Waals surface area contributed by atoms with Gasteiger partial charge in [0, 0.05) is 12.6 Å². The van der Waals surface area contributed by atoms with Gasteiger partial charge in [0.05, 0.1) is 0 Å². The summed E-state index contributed by atoms with van der Waals surface area (Å²) in [6, 6.07) is 10.6. The molecular weight excluding hydrogens is 228 g/mol. The van der Waals surface area contributed by atoms with Crippen LogP contribution in [0.2, 0.25) is 0 Å². The maximum absolute atomic E-state index is 11.0. The predicted octanol–water partition coefficient (Wildman–Crippen LogP) is 1.50. The molecule has 1 saturated carbocycles. The lowest BCUT2D eigenvalue weighted by molar-refractivity contribution is -0.144. The van der Waals surface area contributed by atoms with Gasteiger partial charge in [-0.05, 0) is 31.2 Å². The molecule has 1 aliphatic rings.